The summed E-state index contributed by atoms with van der Waals surface area (Å²) in [5, 5.41) is 0.919. The van der Waals surface area contributed by atoms with Gasteiger partial charge in [-0.1, -0.05) is 46.3 Å². The van der Waals surface area contributed by atoms with Gasteiger partial charge in [0.2, 0.25) is 0 Å². The summed E-state index contributed by atoms with van der Waals surface area (Å²) in [4.78, 5) is 25.7. The van der Waals surface area contributed by atoms with Crippen LogP contribution in [0.4, 0.5) is 0 Å². The highest BCUT2D eigenvalue weighted by molar-refractivity contribution is 9.10. The van der Waals surface area contributed by atoms with Crippen molar-refractivity contribution in [2.75, 3.05) is 13.7 Å². The van der Waals surface area contributed by atoms with E-state index in [1.807, 2.05) is 67.6 Å². The monoisotopic (exact) mass is 519 g/mol. The lowest BCUT2D eigenvalue weighted by Crippen LogP contribution is -2.14. The first-order chi connectivity index (χ1) is 16.5. The first kappa shape index (κ1) is 23.8. The number of aromatic nitrogens is 1. The zero-order chi connectivity index (χ0) is 24.1. The average Bonchev–Trinajstić information content (AvgIpc) is 3.13. The molecule has 1 aromatic heterocycles. The third kappa shape index (κ3) is 5.23. The Labute approximate surface area is 207 Å². The van der Waals surface area contributed by atoms with Crippen molar-refractivity contribution in [3.05, 3.63) is 99.7 Å². The molecule has 0 fully saturated rings. The minimum absolute atomic E-state index is 0.105. The summed E-state index contributed by atoms with van der Waals surface area (Å²) in [7, 11) is 1.62. The Hall–Kier alpha value is -3.38. The van der Waals surface area contributed by atoms with Crippen LogP contribution in [-0.4, -0.2) is 30.2 Å². The van der Waals surface area contributed by atoms with Crippen molar-refractivity contribution in [2.45, 2.75) is 26.2 Å². The molecule has 4 aromatic rings. The van der Waals surface area contributed by atoms with Gasteiger partial charge in [-0.2, -0.15) is 0 Å². The maximum absolute atomic E-state index is 13.4. The standard InChI is InChI=1S/C28H26BrNO4/c1-19-24(16-17-34-27(31)15-8-20-6-4-3-5-7-20)25-18-23(33-2)13-14-26(25)30(19)28(32)21-9-11-22(29)12-10-21/h3-7,9-14,18H,8,15-17H2,1-2H3. The molecule has 0 aliphatic carbocycles. The summed E-state index contributed by atoms with van der Waals surface area (Å²) in [5.41, 5.74) is 4.30. The van der Waals surface area contributed by atoms with Crippen LogP contribution in [0, 0.1) is 6.92 Å². The van der Waals surface area contributed by atoms with E-state index in [1.54, 1.807) is 23.8 Å². The van der Waals surface area contributed by atoms with E-state index in [1.165, 1.54) is 0 Å². The van der Waals surface area contributed by atoms with Gasteiger partial charge in [0.05, 0.1) is 19.2 Å². The molecule has 5 nitrogen and oxygen atoms in total. The SMILES string of the molecule is COc1ccc2c(c1)c(CCOC(=O)CCc1ccccc1)c(C)n2C(=O)c1ccc(Br)cc1. The number of hydrogen-bond acceptors (Lipinski definition) is 4. The number of ether oxygens (including phenoxy) is 2. The zero-order valence-electron chi connectivity index (χ0n) is 19.2. The van der Waals surface area contributed by atoms with Crippen molar-refractivity contribution in [3.63, 3.8) is 0 Å². The number of nitrogens with zero attached hydrogens (tertiary/aromatic N) is 1. The summed E-state index contributed by atoms with van der Waals surface area (Å²) in [6.45, 7) is 2.17. The quantitative estimate of drug-likeness (QED) is 0.263. The number of esters is 1. The Kier molecular flexibility index (Phi) is 7.48. The van der Waals surface area contributed by atoms with E-state index < -0.39 is 0 Å². The van der Waals surface area contributed by atoms with E-state index in [4.69, 9.17) is 9.47 Å². The summed E-state index contributed by atoms with van der Waals surface area (Å²) in [6.07, 6.45) is 1.49. The summed E-state index contributed by atoms with van der Waals surface area (Å²) < 4.78 is 13.6. The molecule has 0 saturated heterocycles. The molecule has 6 heteroatoms. The van der Waals surface area contributed by atoms with Crippen LogP contribution in [0.2, 0.25) is 0 Å². The molecule has 0 radical (unpaired) electrons. The number of halogens is 1. The molecular weight excluding hydrogens is 494 g/mol. The lowest BCUT2D eigenvalue weighted by molar-refractivity contribution is -0.143. The highest BCUT2D eigenvalue weighted by Gasteiger charge is 2.20. The molecule has 0 atom stereocenters. The van der Waals surface area contributed by atoms with Gasteiger partial charge in [0.15, 0.2) is 0 Å². The van der Waals surface area contributed by atoms with Gasteiger partial charge in [-0.3, -0.25) is 14.2 Å². The summed E-state index contributed by atoms with van der Waals surface area (Å²) in [6, 6.07) is 22.9. The van der Waals surface area contributed by atoms with Crippen LogP contribution in [0.5, 0.6) is 5.75 Å². The van der Waals surface area contributed by atoms with Crippen molar-refractivity contribution in [1.29, 1.82) is 0 Å². The fourth-order valence-electron chi connectivity index (χ4n) is 4.12. The predicted octanol–water partition coefficient (Wildman–Crippen LogP) is 6.13. The largest absolute Gasteiger partial charge is 0.497 e. The Bertz CT molecular complexity index is 1310. The maximum Gasteiger partial charge on any atom is 0.306 e. The van der Waals surface area contributed by atoms with Crippen LogP contribution in [0.1, 0.15) is 33.6 Å². The number of aryl methyl sites for hydroxylation is 1. The summed E-state index contributed by atoms with van der Waals surface area (Å²) in [5.74, 6) is 0.377. The van der Waals surface area contributed by atoms with E-state index in [-0.39, 0.29) is 18.5 Å². The van der Waals surface area contributed by atoms with Crippen LogP contribution in [0.25, 0.3) is 10.9 Å². The number of benzene rings is 3. The third-order valence-corrected chi connectivity index (χ3v) is 6.44. The highest BCUT2D eigenvalue weighted by Crippen LogP contribution is 2.31. The minimum Gasteiger partial charge on any atom is -0.497 e. The number of carbonyl (C=O) groups is 2. The Morgan fingerprint density at radius 3 is 2.38 bits per heavy atom. The summed E-state index contributed by atoms with van der Waals surface area (Å²) >= 11 is 3.42. The number of rotatable bonds is 8. The Balaban J connectivity index is 1.54. The molecule has 0 aliphatic heterocycles. The smallest absolute Gasteiger partial charge is 0.306 e. The number of fused-ring (bicyclic) bond motifs is 1. The highest BCUT2D eigenvalue weighted by atomic mass is 79.9. The van der Waals surface area contributed by atoms with Crippen LogP contribution in [0.15, 0.2) is 77.3 Å². The molecule has 4 rings (SSSR count). The lowest BCUT2D eigenvalue weighted by Gasteiger charge is -2.08. The van der Waals surface area contributed by atoms with Gasteiger partial charge in [0, 0.05) is 34.0 Å². The molecule has 0 unspecified atom stereocenters. The molecule has 34 heavy (non-hydrogen) atoms. The second-order valence-electron chi connectivity index (χ2n) is 8.05. The van der Waals surface area contributed by atoms with Crippen molar-refractivity contribution in [3.8, 4) is 5.75 Å². The van der Waals surface area contributed by atoms with Crippen molar-refractivity contribution < 1.29 is 19.1 Å². The van der Waals surface area contributed by atoms with Crippen molar-refractivity contribution in [1.82, 2.24) is 4.57 Å². The van der Waals surface area contributed by atoms with E-state index >= 15 is 0 Å². The van der Waals surface area contributed by atoms with Gasteiger partial charge < -0.3 is 9.47 Å². The number of hydrogen-bond donors (Lipinski definition) is 0. The molecule has 1 heterocycles. The molecule has 0 N–H and O–H groups in total. The number of carbonyl (C=O) groups excluding carboxylic acids is 2. The van der Waals surface area contributed by atoms with Gasteiger partial charge in [-0.05, 0) is 66.9 Å². The molecular formula is C28H26BrNO4. The van der Waals surface area contributed by atoms with Gasteiger partial charge >= 0.3 is 5.97 Å². The molecule has 0 spiro atoms. The second kappa shape index (κ2) is 10.7. The molecule has 0 aliphatic rings. The molecule has 3 aromatic carbocycles. The Morgan fingerprint density at radius 2 is 1.68 bits per heavy atom. The van der Waals surface area contributed by atoms with Crippen molar-refractivity contribution in [2.24, 2.45) is 0 Å². The zero-order valence-corrected chi connectivity index (χ0v) is 20.8. The van der Waals surface area contributed by atoms with Gasteiger partial charge in [-0.25, -0.2) is 0 Å². The van der Waals surface area contributed by atoms with E-state index in [9.17, 15) is 9.59 Å². The molecule has 0 saturated carbocycles. The van der Waals surface area contributed by atoms with Crippen LogP contribution >= 0.6 is 15.9 Å². The second-order valence-corrected chi connectivity index (χ2v) is 8.97. The topological polar surface area (TPSA) is 57.5 Å². The molecule has 0 amide bonds. The van der Waals surface area contributed by atoms with Gasteiger partial charge in [-0.15, -0.1) is 0 Å². The van der Waals surface area contributed by atoms with Crippen molar-refractivity contribution >= 4 is 38.7 Å². The van der Waals surface area contributed by atoms with Crippen LogP contribution in [0.3, 0.4) is 0 Å². The molecule has 174 valence electrons. The number of methoxy groups -OCH3 is 1. The first-order valence-electron chi connectivity index (χ1n) is 11.2. The fraction of sp³-hybridized carbons (Fsp3) is 0.214. The van der Waals surface area contributed by atoms with Crippen LogP contribution < -0.4 is 4.74 Å². The first-order valence-corrected chi connectivity index (χ1v) is 11.9. The lowest BCUT2D eigenvalue weighted by atomic mass is 10.1. The minimum atomic E-state index is -0.228. The van der Waals surface area contributed by atoms with E-state index in [0.29, 0.717) is 30.6 Å². The third-order valence-electron chi connectivity index (χ3n) is 5.91. The van der Waals surface area contributed by atoms with Gasteiger partial charge in [0.1, 0.15) is 5.75 Å². The molecule has 0 bridgehead atoms. The maximum atomic E-state index is 13.4. The Morgan fingerprint density at radius 1 is 0.941 bits per heavy atom. The van der Waals surface area contributed by atoms with Gasteiger partial charge in [0.25, 0.3) is 5.91 Å². The van der Waals surface area contributed by atoms with E-state index in [2.05, 4.69) is 15.9 Å². The van der Waals surface area contributed by atoms with Crippen LogP contribution in [-0.2, 0) is 22.4 Å². The average molecular weight is 520 g/mol. The predicted molar refractivity (Wildman–Crippen MR) is 137 cm³/mol. The fourth-order valence-corrected chi connectivity index (χ4v) is 4.38. The normalized spacial score (nSPS) is 10.9. The van der Waals surface area contributed by atoms with E-state index in [0.717, 1.165) is 32.2 Å².